The highest BCUT2D eigenvalue weighted by Crippen LogP contribution is 2.27. The van der Waals surface area contributed by atoms with Crippen LogP contribution < -0.4 is 5.32 Å². The quantitative estimate of drug-likeness (QED) is 0.885. The second-order valence-electron chi connectivity index (χ2n) is 5.93. The number of hydrogen-bond acceptors (Lipinski definition) is 2. The third-order valence-electron chi connectivity index (χ3n) is 4.34. The summed E-state index contributed by atoms with van der Waals surface area (Å²) in [5.41, 5.74) is 0.0217. The Balaban J connectivity index is 2.04. The molecule has 0 heterocycles. The van der Waals surface area contributed by atoms with Crippen LogP contribution in [0.15, 0.2) is 18.2 Å². The van der Waals surface area contributed by atoms with Crippen molar-refractivity contribution in [3.63, 3.8) is 0 Å². The lowest BCUT2D eigenvalue weighted by atomic mass is 9.85. The Kier molecular flexibility index (Phi) is 5.11. The van der Waals surface area contributed by atoms with Crippen molar-refractivity contribution in [3.8, 4) is 0 Å². The summed E-state index contributed by atoms with van der Waals surface area (Å²) in [6.07, 6.45) is 3.63. The molecule has 0 saturated heterocycles. The third-order valence-corrected chi connectivity index (χ3v) is 4.34. The summed E-state index contributed by atoms with van der Waals surface area (Å²) >= 11 is 0. The average molecular weight is 283 g/mol. The van der Waals surface area contributed by atoms with E-state index in [1.54, 1.807) is 0 Å². The van der Waals surface area contributed by atoms with Crippen LogP contribution in [0.25, 0.3) is 0 Å². The molecule has 0 aromatic heterocycles. The molecule has 0 bridgehead atoms. The minimum atomic E-state index is -1.04. The molecular formula is C16H23F2NO. The van der Waals surface area contributed by atoms with Crippen LogP contribution in [0, 0.1) is 17.6 Å². The number of rotatable bonds is 4. The van der Waals surface area contributed by atoms with Crippen molar-refractivity contribution in [1.82, 2.24) is 5.32 Å². The van der Waals surface area contributed by atoms with Crippen LogP contribution in [0.2, 0.25) is 0 Å². The van der Waals surface area contributed by atoms with Crippen molar-refractivity contribution in [1.29, 1.82) is 0 Å². The van der Waals surface area contributed by atoms with Gasteiger partial charge in [-0.05, 0) is 43.9 Å². The molecule has 112 valence electrons. The lowest BCUT2D eigenvalue weighted by molar-refractivity contribution is 0.113. The molecule has 1 saturated carbocycles. The van der Waals surface area contributed by atoms with Gasteiger partial charge in [0.1, 0.15) is 11.6 Å². The summed E-state index contributed by atoms with van der Waals surface area (Å²) in [6.45, 7) is 4.01. The Hall–Kier alpha value is -1.00. The van der Waals surface area contributed by atoms with Gasteiger partial charge in [-0.15, -0.1) is 0 Å². The van der Waals surface area contributed by atoms with E-state index in [-0.39, 0.29) is 11.6 Å². The summed E-state index contributed by atoms with van der Waals surface area (Å²) in [5, 5.41) is 13.6. The molecular weight excluding hydrogens is 260 g/mol. The fourth-order valence-electron chi connectivity index (χ4n) is 3.00. The molecule has 0 spiro atoms. The first-order chi connectivity index (χ1) is 9.49. The lowest BCUT2D eigenvalue weighted by Gasteiger charge is -2.33. The average Bonchev–Trinajstić information content (AvgIpc) is 2.43. The molecule has 1 aromatic carbocycles. The molecule has 4 heteroatoms. The van der Waals surface area contributed by atoms with Gasteiger partial charge in [-0.1, -0.05) is 19.8 Å². The summed E-state index contributed by atoms with van der Waals surface area (Å²) in [7, 11) is 0. The fourth-order valence-corrected chi connectivity index (χ4v) is 3.00. The van der Waals surface area contributed by atoms with Crippen LogP contribution >= 0.6 is 0 Å². The summed E-state index contributed by atoms with van der Waals surface area (Å²) in [6, 6.07) is 3.22. The zero-order chi connectivity index (χ0) is 14.7. The van der Waals surface area contributed by atoms with E-state index >= 15 is 0 Å². The molecule has 0 radical (unpaired) electrons. The maximum atomic E-state index is 13.7. The van der Waals surface area contributed by atoms with Gasteiger partial charge in [0.05, 0.1) is 6.10 Å². The molecule has 4 atom stereocenters. The van der Waals surface area contributed by atoms with Crippen LogP contribution in [0.3, 0.4) is 0 Å². The summed E-state index contributed by atoms with van der Waals surface area (Å²) in [4.78, 5) is 0. The second-order valence-corrected chi connectivity index (χ2v) is 5.93. The zero-order valence-corrected chi connectivity index (χ0v) is 12.1. The molecule has 20 heavy (non-hydrogen) atoms. The Morgan fingerprint density at radius 2 is 1.95 bits per heavy atom. The number of nitrogens with one attached hydrogen (secondary N) is 1. The van der Waals surface area contributed by atoms with Gasteiger partial charge in [-0.3, -0.25) is 0 Å². The van der Waals surface area contributed by atoms with Gasteiger partial charge in [0.15, 0.2) is 0 Å². The van der Waals surface area contributed by atoms with E-state index in [1.807, 2.05) is 6.92 Å². The highest BCUT2D eigenvalue weighted by Gasteiger charge is 2.26. The van der Waals surface area contributed by atoms with Gasteiger partial charge in [-0.25, -0.2) is 8.78 Å². The Labute approximate surface area is 119 Å². The zero-order valence-electron chi connectivity index (χ0n) is 12.1. The number of aliphatic hydroxyl groups is 1. The number of halogens is 2. The maximum Gasteiger partial charge on any atom is 0.129 e. The highest BCUT2D eigenvalue weighted by atomic mass is 19.1. The van der Waals surface area contributed by atoms with Crippen molar-refractivity contribution in [2.24, 2.45) is 5.92 Å². The molecule has 0 aliphatic heterocycles. The first-order valence-electron chi connectivity index (χ1n) is 7.38. The topological polar surface area (TPSA) is 32.3 Å². The van der Waals surface area contributed by atoms with Gasteiger partial charge < -0.3 is 10.4 Å². The van der Waals surface area contributed by atoms with Gasteiger partial charge >= 0.3 is 0 Å². The van der Waals surface area contributed by atoms with Crippen molar-refractivity contribution in [2.75, 3.05) is 0 Å². The van der Waals surface area contributed by atoms with Crippen LogP contribution in [-0.2, 0) is 0 Å². The molecule has 2 N–H and O–H groups in total. The fraction of sp³-hybridized carbons (Fsp3) is 0.625. The number of aliphatic hydroxyl groups excluding tert-OH is 1. The van der Waals surface area contributed by atoms with Crippen LogP contribution in [0.4, 0.5) is 8.78 Å². The smallest absolute Gasteiger partial charge is 0.129 e. The Bertz CT molecular complexity index is 452. The third kappa shape index (κ3) is 3.55. The molecule has 1 fully saturated rings. The van der Waals surface area contributed by atoms with Gasteiger partial charge in [0.2, 0.25) is 0 Å². The highest BCUT2D eigenvalue weighted by molar-refractivity contribution is 5.22. The van der Waals surface area contributed by atoms with E-state index in [1.165, 1.54) is 19.3 Å². The molecule has 0 amide bonds. The molecule has 2 rings (SSSR count). The second kappa shape index (κ2) is 6.64. The standard InChI is InChI=1S/C16H23F2NO/c1-10-5-3-4-6-15(10)19-11(2)16(20)13-9-12(17)7-8-14(13)18/h7-11,15-16,19-20H,3-6H2,1-2H3. The molecule has 2 nitrogen and oxygen atoms in total. The molecule has 1 aliphatic carbocycles. The Morgan fingerprint density at radius 3 is 2.65 bits per heavy atom. The number of hydrogen-bond donors (Lipinski definition) is 2. The molecule has 4 unspecified atom stereocenters. The maximum absolute atomic E-state index is 13.7. The van der Waals surface area contributed by atoms with Crippen molar-refractivity contribution in [3.05, 3.63) is 35.4 Å². The van der Waals surface area contributed by atoms with E-state index < -0.39 is 17.7 Å². The monoisotopic (exact) mass is 283 g/mol. The van der Waals surface area contributed by atoms with Crippen LogP contribution in [0.5, 0.6) is 0 Å². The van der Waals surface area contributed by atoms with E-state index in [0.717, 1.165) is 24.6 Å². The van der Waals surface area contributed by atoms with E-state index in [9.17, 15) is 13.9 Å². The minimum absolute atomic E-state index is 0.0217. The lowest BCUT2D eigenvalue weighted by Crippen LogP contribution is -2.44. The predicted octanol–water partition coefficient (Wildman–Crippen LogP) is 3.56. The Morgan fingerprint density at radius 1 is 1.25 bits per heavy atom. The van der Waals surface area contributed by atoms with E-state index in [2.05, 4.69) is 12.2 Å². The summed E-state index contributed by atoms with van der Waals surface area (Å²) < 4.78 is 26.9. The van der Waals surface area contributed by atoms with Crippen LogP contribution in [-0.4, -0.2) is 17.2 Å². The minimum Gasteiger partial charge on any atom is -0.387 e. The van der Waals surface area contributed by atoms with Crippen molar-refractivity contribution in [2.45, 2.75) is 57.7 Å². The van der Waals surface area contributed by atoms with Crippen LogP contribution in [0.1, 0.15) is 51.2 Å². The van der Waals surface area contributed by atoms with Crippen molar-refractivity contribution < 1.29 is 13.9 Å². The van der Waals surface area contributed by atoms with Gasteiger partial charge in [-0.2, -0.15) is 0 Å². The van der Waals surface area contributed by atoms with E-state index in [0.29, 0.717) is 12.0 Å². The van der Waals surface area contributed by atoms with Crippen molar-refractivity contribution >= 4 is 0 Å². The van der Waals surface area contributed by atoms with E-state index in [4.69, 9.17) is 0 Å². The normalized spacial score (nSPS) is 26.2. The first-order valence-corrected chi connectivity index (χ1v) is 7.38. The largest absolute Gasteiger partial charge is 0.387 e. The predicted molar refractivity (Wildman–Crippen MR) is 75.3 cm³/mol. The molecule has 1 aromatic rings. The number of benzene rings is 1. The summed E-state index contributed by atoms with van der Waals surface area (Å²) in [5.74, 6) is -0.543. The van der Waals surface area contributed by atoms with Gasteiger partial charge in [0, 0.05) is 17.6 Å². The molecule has 1 aliphatic rings. The SMILES string of the molecule is CC1CCCCC1NC(C)C(O)c1cc(F)ccc1F. The first kappa shape index (κ1) is 15.4. The van der Waals surface area contributed by atoms with Gasteiger partial charge in [0.25, 0.3) is 0 Å².